The van der Waals surface area contributed by atoms with Gasteiger partial charge in [-0.3, -0.25) is 4.90 Å². The maximum Gasteiger partial charge on any atom is 0.150 e. The number of morpholine rings is 1. The Balaban J connectivity index is 1.76. The van der Waals surface area contributed by atoms with Crippen LogP contribution in [0.1, 0.15) is 5.56 Å². The molecule has 0 N–H and O–H groups in total. The summed E-state index contributed by atoms with van der Waals surface area (Å²) in [5.74, 6) is 0. The summed E-state index contributed by atoms with van der Waals surface area (Å²) >= 11 is 0. The van der Waals surface area contributed by atoms with Crippen LogP contribution in [0, 0.1) is 0 Å². The average Bonchev–Trinajstić information content (AvgIpc) is 2.45. The van der Waals surface area contributed by atoms with Crippen LogP contribution in [0.25, 0.3) is 0 Å². The molecule has 0 aromatic heterocycles. The zero-order chi connectivity index (χ0) is 12.6. The Kier molecular flexibility index (Phi) is 5.33. The molecule has 0 spiro atoms. The predicted molar refractivity (Wildman–Crippen MR) is 68.3 cm³/mol. The van der Waals surface area contributed by atoms with Gasteiger partial charge in [-0.2, -0.15) is 0 Å². The van der Waals surface area contributed by atoms with Gasteiger partial charge >= 0.3 is 0 Å². The Bertz CT molecular complexity index is 349. The first-order chi connectivity index (χ1) is 8.88. The number of hydrogen-bond acceptors (Lipinski definition) is 4. The van der Waals surface area contributed by atoms with Crippen molar-refractivity contribution in [2.75, 3.05) is 32.8 Å². The fraction of sp³-hybridized carbons (Fsp3) is 0.500. The molecule has 4 nitrogen and oxygen atoms in total. The number of nitrogens with zero attached hydrogens (tertiary/aromatic N) is 1. The minimum Gasteiger partial charge on any atom is -0.379 e. The number of rotatable bonds is 6. The molecule has 1 aliphatic rings. The smallest absolute Gasteiger partial charge is 0.150 e. The molecule has 2 rings (SSSR count). The standard InChI is InChI=1S/C14H19NO3/c16-11-14(10-15-6-8-17-9-7-15)18-12-13-4-2-1-3-5-13/h1-5,11,14H,6-10,12H2/t14-/m0/s1. The quantitative estimate of drug-likeness (QED) is 0.708. The summed E-state index contributed by atoms with van der Waals surface area (Å²) in [5, 5.41) is 0. The Morgan fingerprint density at radius 2 is 2.00 bits per heavy atom. The second-order valence-electron chi connectivity index (χ2n) is 4.38. The van der Waals surface area contributed by atoms with E-state index in [4.69, 9.17) is 9.47 Å². The number of ether oxygens (including phenoxy) is 2. The molecule has 1 aliphatic heterocycles. The molecular formula is C14H19NO3. The minimum atomic E-state index is -0.358. The predicted octanol–water partition coefficient (Wildman–Crippen LogP) is 1.10. The summed E-state index contributed by atoms with van der Waals surface area (Å²) in [7, 11) is 0. The van der Waals surface area contributed by atoms with Gasteiger partial charge in [-0.15, -0.1) is 0 Å². The molecule has 1 saturated heterocycles. The zero-order valence-electron chi connectivity index (χ0n) is 10.5. The van der Waals surface area contributed by atoms with E-state index in [0.29, 0.717) is 13.2 Å². The molecule has 0 saturated carbocycles. The molecule has 0 amide bonds. The Hall–Kier alpha value is -1.23. The SMILES string of the molecule is O=C[C@H](CN1CCOCC1)OCc1ccccc1. The van der Waals surface area contributed by atoms with Gasteiger partial charge in [-0.1, -0.05) is 30.3 Å². The van der Waals surface area contributed by atoms with E-state index in [1.165, 1.54) is 0 Å². The van der Waals surface area contributed by atoms with Crippen LogP contribution < -0.4 is 0 Å². The highest BCUT2D eigenvalue weighted by Crippen LogP contribution is 2.05. The lowest BCUT2D eigenvalue weighted by Gasteiger charge is -2.28. The molecule has 98 valence electrons. The van der Waals surface area contributed by atoms with E-state index in [0.717, 1.165) is 38.2 Å². The van der Waals surface area contributed by atoms with Crippen LogP contribution >= 0.6 is 0 Å². The van der Waals surface area contributed by atoms with Crippen LogP contribution in [0.4, 0.5) is 0 Å². The van der Waals surface area contributed by atoms with Crippen LogP contribution in [0.2, 0.25) is 0 Å². The molecule has 18 heavy (non-hydrogen) atoms. The Labute approximate surface area is 107 Å². The van der Waals surface area contributed by atoms with Crippen LogP contribution in [-0.2, 0) is 20.9 Å². The first-order valence-corrected chi connectivity index (χ1v) is 6.29. The van der Waals surface area contributed by atoms with Crippen molar-refractivity contribution in [1.82, 2.24) is 4.90 Å². The lowest BCUT2D eigenvalue weighted by Crippen LogP contribution is -2.42. The minimum absolute atomic E-state index is 0.358. The Morgan fingerprint density at radius 3 is 2.67 bits per heavy atom. The molecule has 1 aromatic carbocycles. The lowest BCUT2D eigenvalue weighted by atomic mass is 10.2. The van der Waals surface area contributed by atoms with E-state index in [9.17, 15) is 4.79 Å². The van der Waals surface area contributed by atoms with Gasteiger partial charge in [0.25, 0.3) is 0 Å². The molecule has 0 aliphatic carbocycles. The van der Waals surface area contributed by atoms with Crippen molar-refractivity contribution in [3.05, 3.63) is 35.9 Å². The summed E-state index contributed by atoms with van der Waals surface area (Å²) in [6.45, 7) is 4.36. The van der Waals surface area contributed by atoms with E-state index < -0.39 is 0 Å². The van der Waals surface area contributed by atoms with E-state index in [1.54, 1.807) is 0 Å². The topological polar surface area (TPSA) is 38.8 Å². The summed E-state index contributed by atoms with van der Waals surface area (Å²) in [4.78, 5) is 13.2. The largest absolute Gasteiger partial charge is 0.379 e. The molecule has 1 fully saturated rings. The molecule has 0 unspecified atom stereocenters. The van der Waals surface area contributed by atoms with Crippen molar-refractivity contribution in [3.63, 3.8) is 0 Å². The highest BCUT2D eigenvalue weighted by atomic mass is 16.5. The first-order valence-electron chi connectivity index (χ1n) is 6.29. The fourth-order valence-electron chi connectivity index (χ4n) is 1.95. The van der Waals surface area contributed by atoms with Gasteiger partial charge in [0.2, 0.25) is 0 Å². The summed E-state index contributed by atoms with van der Waals surface area (Å²) in [6, 6.07) is 9.90. The van der Waals surface area contributed by atoms with Gasteiger partial charge in [-0.05, 0) is 5.56 Å². The molecule has 1 atom stereocenters. The molecule has 0 bridgehead atoms. The van der Waals surface area contributed by atoms with E-state index >= 15 is 0 Å². The van der Waals surface area contributed by atoms with E-state index in [-0.39, 0.29) is 6.10 Å². The van der Waals surface area contributed by atoms with Crippen LogP contribution in [0.15, 0.2) is 30.3 Å². The number of aldehydes is 1. The maximum atomic E-state index is 11.0. The summed E-state index contributed by atoms with van der Waals surface area (Å²) < 4.78 is 10.9. The first kappa shape index (κ1) is 13.2. The van der Waals surface area contributed by atoms with Gasteiger partial charge < -0.3 is 14.3 Å². The highest BCUT2D eigenvalue weighted by molar-refractivity contribution is 5.56. The molecule has 1 aromatic rings. The Morgan fingerprint density at radius 1 is 1.28 bits per heavy atom. The van der Waals surface area contributed by atoms with Gasteiger partial charge in [0.15, 0.2) is 0 Å². The fourth-order valence-corrected chi connectivity index (χ4v) is 1.95. The number of benzene rings is 1. The van der Waals surface area contributed by atoms with E-state index in [2.05, 4.69) is 4.90 Å². The molecule has 4 heteroatoms. The second kappa shape index (κ2) is 7.26. The lowest BCUT2D eigenvalue weighted by molar-refractivity contribution is -0.121. The molecule has 0 radical (unpaired) electrons. The molecular weight excluding hydrogens is 230 g/mol. The van der Waals surface area contributed by atoms with Crippen molar-refractivity contribution >= 4 is 6.29 Å². The van der Waals surface area contributed by atoms with Crippen molar-refractivity contribution < 1.29 is 14.3 Å². The van der Waals surface area contributed by atoms with Crippen LogP contribution in [0.3, 0.4) is 0 Å². The number of hydrogen-bond donors (Lipinski definition) is 0. The van der Waals surface area contributed by atoms with Crippen molar-refractivity contribution in [1.29, 1.82) is 0 Å². The summed E-state index contributed by atoms with van der Waals surface area (Å²) in [5.41, 5.74) is 1.09. The van der Waals surface area contributed by atoms with Crippen molar-refractivity contribution in [3.8, 4) is 0 Å². The third-order valence-corrected chi connectivity index (χ3v) is 3.00. The highest BCUT2D eigenvalue weighted by Gasteiger charge is 2.16. The second-order valence-corrected chi connectivity index (χ2v) is 4.38. The monoisotopic (exact) mass is 249 g/mol. The third-order valence-electron chi connectivity index (χ3n) is 3.00. The van der Waals surface area contributed by atoms with Crippen molar-refractivity contribution in [2.24, 2.45) is 0 Å². The van der Waals surface area contributed by atoms with Gasteiger partial charge in [0.05, 0.1) is 19.8 Å². The normalized spacial score (nSPS) is 18.4. The number of carbonyl (C=O) groups is 1. The average molecular weight is 249 g/mol. The van der Waals surface area contributed by atoms with Crippen molar-refractivity contribution in [2.45, 2.75) is 12.7 Å². The van der Waals surface area contributed by atoms with Crippen LogP contribution in [0.5, 0.6) is 0 Å². The van der Waals surface area contributed by atoms with Gasteiger partial charge in [-0.25, -0.2) is 0 Å². The maximum absolute atomic E-state index is 11.0. The van der Waals surface area contributed by atoms with Crippen LogP contribution in [-0.4, -0.2) is 50.1 Å². The van der Waals surface area contributed by atoms with Gasteiger partial charge in [0, 0.05) is 19.6 Å². The summed E-state index contributed by atoms with van der Waals surface area (Å²) in [6.07, 6.45) is 0.529. The van der Waals surface area contributed by atoms with Gasteiger partial charge in [0.1, 0.15) is 12.4 Å². The third kappa shape index (κ3) is 4.22. The number of carbonyl (C=O) groups excluding carboxylic acids is 1. The van der Waals surface area contributed by atoms with E-state index in [1.807, 2.05) is 30.3 Å². The zero-order valence-corrected chi connectivity index (χ0v) is 10.5. The molecule has 1 heterocycles.